The first-order chi connectivity index (χ1) is 9.49. The van der Waals surface area contributed by atoms with Crippen molar-refractivity contribution in [2.24, 2.45) is 0 Å². The second-order valence-corrected chi connectivity index (χ2v) is 5.75. The van der Waals surface area contributed by atoms with Gasteiger partial charge >= 0.3 is 12.0 Å². The van der Waals surface area contributed by atoms with Gasteiger partial charge in [0.05, 0.1) is 6.20 Å². The number of carbonyl (C=O) groups excluding carboxylic acids is 1. The molecule has 8 heteroatoms. The number of urea groups is 1. The lowest BCUT2D eigenvalue weighted by Crippen LogP contribution is -2.54. The Morgan fingerprint density at radius 2 is 2.40 bits per heavy atom. The number of oxazole rings is 1. The molecule has 7 nitrogen and oxygen atoms in total. The van der Waals surface area contributed by atoms with Crippen LogP contribution in [-0.4, -0.2) is 51.1 Å². The van der Waals surface area contributed by atoms with E-state index in [1.165, 1.54) is 16.7 Å². The van der Waals surface area contributed by atoms with Crippen LogP contribution in [0.1, 0.15) is 24.6 Å². The molecule has 2 unspecified atom stereocenters. The van der Waals surface area contributed by atoms with Gasteiger partial charge < -0.3 is 19.7 Å². The summed E-state index contributed by atoms with van der Waals surface area (Å²) in [5.74, 6) is 1.25. The predicted octanol–water partition coefficient (Wildman–Crippen LogP) is 1.26. The molecule has 1 fully saturated rings. The van der Waals surface area contributed by atoms with E-state index in [0.29, 0.717) is 23.9 Å². The first-order valence-corrected chi connectivity index (χ1v) is 7.44. The number of carbonyl (C=O) groups is 2. The van der Waals surface area contributed by atoms with Gasteiger partial charge in [-0.2, -0.15) is 11.8 Å². The van der Waals surface area contributed by atoms with Crippen molar-refractivity contribution in [2.45, 2.75) is 25.9 Å². The Balaban J connectivity index is 2.01. The normalized spacial score (nSPS) is 20.5. The standard InChI is InChI=1S/C12H17N3O4S/c1-7-5-13-10(19-7)8(2)14-12(18)15-3-4-20-6-9(15)11(16)17/h5,8-9H,3-4,6H2,1-2H3,(H,14,18)(H,16,17). The van der Waals surface area contributed by atoms with Crippen molar-refractivity contribution in [3.8, 4) is 0 Å². The van der Waals surface area contributed by atoms with E-state index in [1.54, 1.807) is 20.0 Å². The molecule has 2 N–H and O–H groups in total. The highest BCUT2D eigenvalue weighted by Gasteiger charge is 2.33. The lowest BCUT2D eigenvalue weighted by Gasteiger charge is -2.33. The fraction of sp³-hybridized carbons (Fsp3) is 0.583. The smallest absolute Gasteiger partial charge is 0.327 e. The van der Waals surface area contributed by atoms with Crippen molar-refractivity contribution in [1.82, 2.24) is 15.2 Å². The minimum atomic E-state index is -0.980. The SMILES string of the molecule is Cc1cnc(C(C)NC(=O)N2CCSCC2C(=O)O)o1. The number of hydrogen-bond donors (Lipinski definition) is 2. The molecule has 1 aliphatic rings. The summed E-state index contributed by atoms with van der Waals surface area (Å²) in [6.07, 6.45) is 1.58. The highest BCUT2D eigenvalue weighted by molar-refractivity contribution is 7.99. The molecule has 1 aliphatic heterocycles. The number of hydrogen-bond acceptors (Lipinski definition) is 5. The summed E-state index contributed by atoms with van der Waals surface area (Å²) in [5, 5.41) is 11.9. The van der Waals surface area contributed by atoms with E-state index in [4.69, 9.17) is 9.52 Å². The average Bonchev–Trinajstić information content (AvgIpc) is 2.85. The van der Waals surface area contributed by atoms with Gasteiger partial charge in [0, 0.05) is 18.1 Å². The summed E-state index contributed by atoms with van der Waals surface area (Å²) in [5.41, 5.74) is 0. The third-order valence-electron chi connectivity index (χ3n) is 3.02. The second kappa shape index (κ2) is 6.17. The van der Waals surface area contributed by atoms with Crippen LogP contribution in [-0.2, 0) is 4.79 Å². The van der Waals surface area contributed by atoms with E-state index in [9.17, 15) is 9.59 Å². The van der Waals surface area contributed by atoms with Crippen molar-refractivity contribution in [3.63, 3.8) is 0 Å². The maximum atomic E-state index is 12.2. The minimum absolute atomic E-state index is 0.402. The number of aliphatic carboxylic acids is 1. The Hall–Kier alpha value is -1.70. The topological polar surface area (TPSA) is 95.7 Å². The van der Waals surface area contributed by atoms with Gasteiger partial charge in [-0.25, -0.2) is 14.6 Å². The zero-order valence-electron chi connectivity index (χ0n) is 11.3. The molecule has 1 aromatic heterocycles. The Morgan fingerprint density at radius 1 is 1.65 bits per heavy atom. The van der Waals surface area contributed by atoms with Crippen molar-refractivity contribution >= 4 is 23.8 Å². The molecule has 2 atom stereocenters. The van der Waals surface area contributed by atoms with Gasteiger partial charge in [0.1, 0.15) is 17.8 Å². The quantitative estimate of drug-likeness (QED) is 0.872. The molecule has 20 heavy (non-hydrogen) atoms. The van der Waals surface area contributed by atoms with Gasteiger partial charge in [0.2, 0.25) is 5.89 Å². The van der Waals surface area contributed by atoms with Crippen LogP contribution in [0.3, 0.4) is 0 Å². The van der Waals surface area contributed by atoms with E-state index < -0.39 is 24.1 Å². The van der Waals surface area contributed by atoms with Crippen LogP contribution >= 0.6 is 11.8 Å². The lowest BCUT2D eigenvalue weighted by atomic mass is 10.3. The largest absolute Gasteiger partial charge is 0.480 e. The molecule has 0 radical (unpaired) electrons. The van der Waals surface area contributed by atoms with Crippen LogP contribution in [0.2, 0.25) is 0 Å². The predicted molar refractivity (Wildman–Crippen MR) is 73.6 cm³/mol. The summed E-state index contributed by atoms with van der Waals surface area (Å²) >= 11 is 1.54. The van der Waals surface area contributed by atoms with Crippen LogP contribution in [0.4, 0.5) is 4.79 Å². The van der Waals surface area contributed by atoms with Gasteiger partial charge in [-0.3, -0.25) is 0 Å². The third kappa shape index (κ3) is 3.24. The first kappa shape index (κ1) is 14.7. The molecular formula is C12H17N3O4S. The van der Waals surface area contributed by atoms with E-state index in [1.807, 2.05) is 0 Å². The number of rotatable bonds is 3. The van der Waals surface area contributed by atoms with Gasteiger partial charge in [0.25, 0.3) is 0 Å². The molecule has 0 aliphatic carbocycles. The highest BCUT2D eigenvalue weighted by Crippen LogP contribution is 2.18. The zero-order chi connectivity index (χ0) is 14.7. The average molecular weight is 299 g/mol. The van der Waals surface area contributed by atoms with Crippen molar-refractivity contribution in [1.29, 1.82) is 0 Å². The summed E-state index contributed by atoms with van der Waals surface area (Å²) in [4.78, 5) is 28.7. The summed E-state index contributed by atoms with van der Waals surface area (Å²) in [7, 11) is 0. The molecule has 1 saturated heterocycles. The number of aryl methyl sites for hydroxylation is 1. The molecule has 2 heterocycles. The van der Waals surface area contributed by atoms with Crippen molar-refractivity contribution < 1.29 is 19.1 Å². The summed E-state index contributed by atoms with van der Waals surface area (Å²) in [6, 6.07) is -1.59. The van der Waals surface area contributed by atoms with Crippen molar-refractivity contribution in [3.05, 3.63) is 17.8 Å². The second-order valence-electron chi connectivity index (χ2n) is 4.60. The Labute approximate surface area is 120 Å². The van der Waals surface area contributed by atoms with Crippen LogP contribution in [0.15, 0.2) is 10.6 Å². The van der Waals surface area contributed by atoms with Gasteiger partial charge in [0.15, 0.2) is 0 Å². The maximum absolute atomic E-state index is 12.2. The van der Waals surface area contributed by atoms with Crippen LogP contribution in [0.5, 0.6) is 0 Å². The Kier molecular flexibility index (Phi) is 4.53. The molecule has 1 aromatic rings. The maximum Gasteiger partial charge on any atom is 0.327 e. The van der Waals surface area contributed by atoms with Crippen LogP contribution in [0.25, 0.3) is 0 Å². The van der Waals surface area contributed by atoms with Crippen LogP contribution in [0, 0.1) is 6.92 Å². The number of carboxylic acid groups (broad SMARTS) is 1. The number of nitrogens with one attached hydrogen (secondary N) is 1. The van der Waals surface area contributed by atoms with E-state index in [-0.39, 0.29) is 0 Å². The molecule has 0 aromatic carbocycles. The van der Waals surface area contributed by atoms with Gasteiger partial charge in [-0.1, -0.05) is 0 Å². The van der Waals surface area contributed by atoms with E-state index in [0.717, 1.165) is 5.75 Å². The first-order valence-electron chi connectivity index (χ1n) is 6.29. The molecule has 0 bridgehead atoms. The third-order valence-corrected chi connectivity index (χ3v) is 4.05. The molecule has 0 saturated carbocycles. The fourth-order valence-corrected chi connectivity index (χ4v) is 2.99. The van der Waals surface area contributed by atoms with Crippen LogP contribution < -0.4 is 5.32 Å². The Bertz CT molecular complexity index is 505. The number of carboxylic acids is 1. The number of aromatic nitrogens is 1. The van der Waals surface area contributed by atoms with Gasteiger partial charge in [-0.15, -0.1) is 0 Å². The summed E-state index contributed by atoms with van der Waals surface area (Å²) in [6.45, 7) is 3.94. The van der Waals surface area contributed by atoms with Gasteiger partial charge in [-0.05, 0) is 13.8 Å². The van der Waals surface area contributed by atoms with Crippen molar-refractivity contribution in [2.75, 3.05) is 18.1 Å². The minimum Gasteiger partial charge on any atom is -0.480 e. The molecule has 110 valence electrons. The molecular weight excluding hydrogens is 282 g/mol. The molecule has 2 amide bonds. The van der Waals surface area contributed by atoms with E-state index >= 15 is 0 Å². The summed E-state index contributed by atoms with van der Waals surface area (Å²) < 4.78 is 5.34. The number of thioether (sulfide) groups is 1. The lowest BCUT2D eigenvalue weighted by molar-refractivity contribution is -0.141. The fourth-order valence-electron chi connectivity index (χ4n) is 1.95. The van der Waals surface area contributed by atoms with E-state index in [2.05, 4.69) is 10.3 Å². The number of nitrogens with zero attached hydrogens (tertiary/aromatic N) is 2. The molecule has 2 rings (SSSR count). The Morgan fingerprint density at radius 3 is 3.00 bits per heavy atom. The zero-order valence-corrected chi connectivity index (χ0v) is 12.1. The monoisotopic (exact) mass is 299 g/mol. The molecule has 0 spiro atoms. The number of amides is 2. The highest BCUT2D eigenvalue weighted by atomic mass is 32.2.